The van der Waals surface area contributed by atoms with Crippen molar-refractivity contribution < 1.29 is 9.13 Å². The second-order valence-corrected chi connectivity index (χ2v) is 5.31. The highest BCUT2D eigenvalue weighted by molar-refractivity contribution is 9.10. The van der Waals surface area contributed by atoms with Gasteiger partial charge in [-0.1, -0.05) is 23.7 Å². The fraction of sp³-hybridized carbons (Fsp3) is 0.143. The van der Waals surface area contributed by atoms with Gasteiger partial charge in [0.2, 0.25) is 0 Å². The van der Waals surface area contributed by atoms with E-state index >= 15 is 0 Å². The summed E-state index contributed by atoms with van der Waals surface area (Å²) in [6.07, 6.45) is 0. The lowest BCUT2D eigenvalue weighted by atomic mass is 10.1. The van der Waals surface area contributed by atoms with Crippen molar-refractivity contribution in [2.24, 2.45) is 5.73 Å². The standard InChI is InChI=1S/C14H12BrClFNO/c15-12-3-1-2-11(14(12)17)13(18)8-19-10-6-4-9(16)5-7-10/h1-7,13H,8,18H2. The van der Waals surface area contributed by atoms with Crippen LogP contribution in [0.1, 0.15) is 11.6 Å². The van der Waals surface area contributed by atoms with Gasteiger partial charge in [0, 0.05) is 10.6 Å². The molecule has 0 bridgehead atoms. The van der Waals surface area contributed by atoms with E-state index in [2.05, 4.69) is 15.9 Å². The Morgan fingerprint density at radius 3 is 2.58 bits per heavy atom. The van der Waals surface area contributed by atoms with Crippen LogP contribution in [0.25, 0.3) is 0 Å². The number of hydrogen-bond donors (Lipinski definition) is 1. The van der Waals surface area contributed by atoms with Crippen molar-refractivity contribution in [3.8, 4) is 5.75 Å². The molecule has 0 radical (unpaired) electrons. The summed E-state index contributed by atoms with van der Waals surface area (Å²) in [7, 11) is 0. The van der Waals surface area contributed by atoms with E-state index in [-0.39, 0.29) is 12.4 Å². The SMILES string of the molecule is NC(COc1ccc(Cl)cc1)c1cccc(Br)c1F. The average Bonchev–Trinajstić information content (AvgIpc) is 2.41. The van der Waals surface area contributed by atoms with Crippen molar-refractivity contribution in [2.75, 3.05) is 6.61 Å². The monoisotopic (exact) mass is 343 g/mol. The maximum atomic E-state index is 13.8. The highest BCUT2D eigenvalue weighted by Crippen LogP contribution is 2.23. The predicted octanol–water partition coefficient (Wildman–Crippen LogP) is 4.32. The van der Waals surface area contributed by atoms with Crippen molar-refractivity contribution in [3.63, 3.8) is 0 Å². The Morgan fingerprint density at radius 1 is 1.21 bits per heavy atom. The highest BCUT2D eigenvalue weighted by Gasteiger charge is 2.14. The zero-order chi connectivity index (χ0) is 13.8. The minimum Gasteiger partial charge on any atom is -0.492 e. The minimum atomic E-state index is -0.534. The molecule has 0 spiro atoms. The van der Waals surface area contributed by atoms with Gasteiger partial charge in [-0.2, -0.15) is 0 Å². The third kappa shape index (κ3) is 3.69. The van der Waals surface area contributed by atoms with E-state index in [9.17, 15) is 4.39 Å². The van der Waals surface area contributed by atoms with Gasteiger partial charge in [0.15, 0.2) is 0 Å². The molecule has 2 aromatic rings. The molecule has 0 fully saturated rings. The number of halogens is 3. The summed E-state index contributed by atoms with van der Waals surface area (Å²) >= 11 is 8.91. The molecular formula is C14H12BrClFNO. The normalized spacial score (nSPS) is 12.2. The van der Waals surface area contributed by atoms with E-state index in [1.807, 2.05) is 0 Å². The Kier molecular flexibility index (Phi) is 4.80. The number of hydrogen-bond acceptors (Lipinski definition) is 2. The second kappa shape index (κ2) is 6.37. The second-order valence-electron chi connectivity index (χ2n) is 4.01. The van der Waals surface area contributed by atoms with Crippen molar-refractivity contribution in [3.05, 3.63) is 63.3 Å². The van der Waals surface area contributed by atoms with E-state index in [4.69, 9.17) is 22.1 Å². The van der Waals surface area contributed by atoms with Crippen LogP contribution in [0.4, 0.5) is 4.39 Å². The van der Waals surface area contributed by atoms with Gasteiger partial charge in [0.1, 0.15) is 18.2 Å². The number of nitrogens with two attached hydrogens (primary N) is 1. The van der Waals surface area contributed by atoms with Crippen LogP contribution in [0.5, 0.6) is 5.75 Å². The molecule has 0 saturated heterocycles. The lowest BCUT2D eigenvalue weighted by molar-refractivity contribution is 0.287. The van der Waals surface area contributed by atoms with Crippen molar-refractivity contribution in [2.45, 2.75) is 6.04 Å². The third-order valence-corrected chi connectivity index (χ3v) is 3.49. The van der Waals surface area contributed by atoms with E-state index in [1.165, 1.54) is 0 Å². The quantitative estimate of drug-likeness (QED) is 0.896. The van der Waals surface area contributed by atoms with E-state index in [0.717, 1.165) is 0 Å². The van der Waals surface area contributed by atoms with Crippen LogP contribution < -0.4 is 10.5 Å². The lowest BCUT2D eigenvalue weighted by Crippen LogP contribution is -2.20. The van der Waals surface area contributed by atoms with Gasteiger partial charge >= 0.3 is 0 Å². The summed E-state index contributed by atoms with van der Waals surface area (Å²) in [5.41, 5.74) is 6.35. The molecule has 2 rings (SSSR count). The predicted molar refractivity (Wildman–Crippen MR) is 78.0 cm³/mol. The minimum absolute atomic E-state index is 0.189. The van der Waals surface area contributed by atoms with Crippen LogP contribution in [0, 0.1) is 5.82 Å². The summed E-state index contributed by atoms with van der Waals surface area (Å²) in [5.74, 6) is 0.296. The lowest BCUT2D eigenvalue weighted by Gasteiger charge is -2.15. The molecule has 0 amide bonds. The maximum Gasteiger partial charge on any atom is 0.142 e. The van der Waals surface area contributed by atoms with Gasteiger partial charge in [-0.25, -0.2) is 4.39 Å². The van der Waals surface area contributed by atoms with Gasteiger partial charge in [-0.05, 0) is 46.3 Å². The van der Waals surface area contributed by atoms with Crippen LogP contribution in [0.3, 0.4) is 0 Å². The van der Waals surface area contributed by atoms with Crippen LogP contribution in [-0.4, -0.2) is 6.61 Å². The Morgan fingerprint density at radius 2 is 1.89 bits per heavy atom. The molecule has 2 N–H and O–H groups in total. The average molecular weight is 345 g/mol. The van der Waals surface area contributed by atoms with Gasteiger partial charge in [0.05, 0.1) is 10.5 Å². The summed E-state index contributed by atoms with van der Waals surface area (Å²) in [6, 6.07) is 11.4. The molecule has 0 aliphatic heterocycles. The maximum absolute atomic E-state index is 13.8. The Hall–Kier alpha value is -1.10. The summed E-state index contributed by atoms with van der Waals surface area (Å²) in [6.45, 7) is 0.189. The molecule has 0 saturated carbocycles. The van der Waals surface area contributed by atoms with E-state index < -0.39 is 6.04 Å². The van der Waals surface area contributed by atoms with Crippen LogP contribution in [-0.2, 0) is 0 Å². The fourth-order valence-corrected chi connectivity index (χ4v) is 2.12. The Balaban J connectivity index is 2.03. The van der Waals surface area contributed by atoms with Gasteiger partial charge in [-0.3, -0.25) is 0 Å². The topological polar surface area (TPSA) is 35.2 Å². The molecular weight excluding hydrogens is 333 g/mol. The highest BCUT2D eigenvalue weighted by atomic mass is 79.9. The molecule has 0 aliphatic rings. The number of rotatable bonds is 4. The molecule has 1 atom stereocenters. The summed E-state index contributed by atoms with van der Waals surface area (Å²) in [5, 5.41) is 0.634. The molecule has 2 aromatic carbocycles. The smallest absolute Gasteiger partial charge is 0.142 e. The van der Waals surface area contributed by atoms with Crippen LogP contribution in [0.2, 0.25) is 5.02 Å². The molecule has 19 heavy (non-hydrogen) atoms. The molecule has 0 aromatic heterocycles. The summed E-state index contributed by atoms with van der Waals surface area (Å²) < 4.78 is 19.7. The van der Waals surface area contributed by atoms with Crippen LogP contribution >= 0.6 is 27.5 Å². The van der Waals surface area contributed by atoms with Crippen molar-refractivity contribution >= 4 is 27.5 Å². The first-order chi connectivity index (χ1) is 9.08. The number of benzene rings is 2. The van der Waals surface area contributed by atoms with Gasteiger partial charge in [-0.15, -0.1) is 0 Å². The Bertz CT molecular complexity index is 562. The number of ether oxygens (including phenoxy) is 1. The molecule has 100 valence electrons. The third-order valence-electron chi connectivity index (χ3n) is 2.62. The van der Waals surface area contributed by atoms with Gasteiger partial charge in [0.25, 0.3) is 0 Å². The van der Waals surface area contributed by atoms with Gasteiger partial charge < -0.3 is 10.5 Å². The molecule has 1 unspecified atom stereocenters. The largest absolute Gasteiger partial charge is 0.492 e. The zero-order valence-electron chi connectivity index (χ0n) is 9.95. The van der Waals surface area contributed by atoms with E-state index in [0.29, 0.717) is 20.8 Å². The fourth-order valence-electron chi connectivity index (χ4n) is 1.61. The zero-order valence-corrected chi connectivity index (χ0v) is 12.3. The first kappa shape index (κ1) is 14.3. The van der Waals surface area contributed by atoms with E-state index in [1.54, 1.807) is 42.5 Å². The molecule has 0 aliphatic carbocycles. The van der Waals surface area contributed by atoms with Crippen molar-refractivity contribution in [1.82, 2.24) is 0 Å². The summed E-state index contributed by atoms with van der Waals surface area (Å²) in [4.78, 5) is 0. The Labute approximate surface area is 124 Å². The molecule has 2 nitrogen and oxygen atoms in total. The van der Waals surface area contributed by atoms with Crippen molar-refractivity contribution in [1.29, 1.82) is 0 Å². The first-order valence-corrected chi connectivity index (χ1v) is 6.83. The molecule has 5 heteroatoms. The van der Waals surface area contributed by atoms with Crippen LogP contribution in [0.15, 0.2) is 46.9 Å². The first-order valence-electron chi connectivity index (χ1n) is 5.66. The molecule has 0 heterocycles.